The minimum absolute atomic E-state index is 0.0477. The second kappa shape index (κ2) is 16.4. The average molecular weight is 813 g/mol. The predicted octanol–water partition coefficient (Wildman–Crippen LogP) is 4.01. The molecule has 1 atom stereocenters. The number of likely N-dealkylation sites (tertiary alicyclic amines) is 1. The number of benzene rings is 2. The molecule has 17 heteroatoms. The Labute approximate surface area is 338 Å². The van der Waals surface area contributed by atoms with E-state index in [1.54, 1.807) is 40.2 Å². The molecule has 3 amide bonds. The number of aryl methyl sites for hydroxylation is 1. The number of piperidine rings is 1. The number of imide groups is 1. The van der Waals surface area contributed by atoms with E-state index >= 15 is 0 Å². The molecule has 2 aromatic carbocycles. The zero-order valence-corrected chi connectivity index (χ0v) is 33.1. The van der Waals surface area contributed by atoms with Crippen molar-refractivity contribution in [3.63, 3.8) is 0 Å². The molecule has 14 nitrogen and oxygen atoms in total. The molecule has 8 rings (SSSR count). The highest BCUT2D eigenvalue weighted by atomic mass is 19.4. The number of piperazine rings is 1. The van der Waals surface area contributed by atoms with E-state index in [9.17, 15) is 32.3 Å². The summed E-state index contributed by atoms with van der Waals surface area (Å²) in [6.07, 6.45) is 2.98. The second-order valence-electron chi connectivity index (χ2n) is 15.9. The van der Waals surface area contributed by atoms with Gasteiger partial charge in [0.25, 0.3) is 5.91 Å². The number of aromatic nitrogens is 5. The highest BCUT2D eigenvalue weighted by molar-refractivity contribution is 5.99. The van der Waals surface area contributed by atoms with Crippen molar-refractivity contribution in [3.05, 3.63) is 111 Å². The molecular formula is C42H47F3N10O4. The molecule has 0 aliphatic carbocycles. The highest BCUT2D eigenvalue weighted by Gasteiger charge is 2.36. The van der Waals surface area contributed by atoms with Gasteiger partial charge in [-0.15, -0.1) is 10.2 Å². The van der Waals surface area contributed by atoms with E-state index < -0.39 is 17.4 Å². The first-order valence-electron chi connectivity index (χ1n) is 20.0. The lowest BCUT2D eigenvalue weighted by Crippen LogP contribution is -2.53. The third-order valence-electron chi connectivity index (χ3n) is 12.1. The van der Waals surface area contributed by atoms with E-state index in [0.717, 1.165) is 79.1 Å². The second-order valence-corrected chi connectivity index (χ2v) is 15.9. The summed E-state index contributed by atoms with van der Waals surface area (Å²) in [4.78, 5) is 57.9. The minimum atomic E-state index is -4.66. The van der Waals surface area contributed by atoms with Gasteiger partial charge in [-0.1, -0.05) is 12.1 Å². The van der Waals surface area contributed by atoms with Crippen LogP contribution in [0.1, 0.15) is 71.0 Å². The normalized spacial score (nSPS) is 17.5. The highest BCUT2D eigenvalue weighted by Crippen LogP contribution is 2.34. The Kier molecular flexibility index (Phi) is 11.1. The molecule has 1 unspecified atom stereocenters. The summed E-state index contributed by atoms with van der Waals surface area (Å²) in [5.74, 6) is 0.312. The average Bonchev–Trinajstić information content (AvgIpc) is 3.90. The minimum Gasteiger partial charge on any atom is -0.369 e. The molecule has 1 N–H and O–H groups in total. The van der Waals surface area contributed by atoms with Crippen molar-refractivity contribution >= 4 is 29.4 Å². The fraction of sp³-hybridized carbons (Fsp3) is 0.429. The maximum absolute atomic E-state index is 14.5. The van der Waals surface area contributed by atoms with Crippen molar-refractivity contribution in [1.29, 1.82) is 0 Å². The fourth-order valence-corrected chi connectivity index (χ4v) is 8.77. The van der Waals surface area contributed by atoms with Crippen LogP contribution in [0.5, 0.6) is 0 Å². The van der Waals surface area contributed by atoms with E-state index in [-0.39, 0.29) is 29.8 Å². The van der Waals surface area contributed by atoms with E-state index in [4.69, 9.17) is 0 Å². The van der Waals surface area contributed by atoms with E-state index in [2.05, 4.69) is 36.3 Å². The lowest BCUT2D eigenvalue weighted by Gasteiger charge is -2.43. The standard InChI is InChI=1S/C42H47F3N10O4/c1-28(6-9-39(57)46-27-56)53-24-31-21-33(7-8-35(31)40(53)58)52-16-14-51(15-17-52)32-10-12-50(13-11-32)22-30-19-36(42(43,44)45)37-25-54(41(59)55(37)23-30)34-5-3-4-29(18-34)20-38-48-47-26-49(38)2/h3-5,7-8,18-19,21,23,25-28,32H,6,9-17,20,22,24H2,1-2H3,(H,46,56,57). The Morgan fingerprint density at radius 1 is 0.966 bits per heavy atom. The van der Waals surface area contributed by atoms with Crippen molar-refractivity contribution in [1.82, 2.24) is 43.7 Å². The number of halogens is 3. The number of carbonyl (C=O) groups excluding carboxylic acids is 3. The van der Waals surface area contributed by atoms with Crippen LogP contribution < -0.4 is 15.9 Å². The third-order valence-corrected chi connectivity index (χ3v) is 12.1. The van der Waals surface area contributed by atoms with Gasteiger partial charge in [-0.05, 0) is 92.4 Å². The van der Waals surface area contributed by atoms with Gasteiger partial charge in [-0.2, -0.15) is 13.2 Å². The molecule has 3 aliphatic heterocycles. The number of rotatable bonds is 12. The van der Waals surface area contributed by atoms with E-state index in [1.807, 2.05) is 32.2 Å². The lowest BCUT2D eigenvalue weighted by molar-refractivity contribution is -0.136. The first-order valence-corrected chi connectivity index (χ1v) is 20.0. The molecule has 2 saturated heterocycles. The van der Waals surface area contributed by atoms with Crippen molar-refractivity contribution in [2.24, 2.45) is 7.05 Å². The van der Waals surface area contributed by atoms with Crippen LogP contribution in [0.2, 0.25) is 0 Å². The maximum Gasteiger partial charge on any atom is 0.418 e. The molecule has 3 aliphatic rings. The summed E-state index contributed by atoms with van der Waals surface area (Å²) in [5, 5.41) is 10.2. The Bertz CT molecular complexity index is 2420. The van der Waals surface area contributed by atoms with Gasteiger partial charge in [0.2, 0.25) is 12.3 Å². The summed E-state index contributed by atoms with van der Waals surface area (Å²) in [7, 11) is 1.83. The number of nitrogens with one attached hydrogen (secondary N) is 1. The van der Waals surface area contributed by atoms with E-state index in [0.29, 0.717) is 55.2 Å². The van der Waals surface area contributed by atoms with Crippen LogP contribution in [0.4, 0.5) is 18.9 Å². The zero-order chi connectivity index (χ0) is 41.4. The van der Waals surface area contributed by atoms with Gasteiger partial charge >= 0.3 is 11.9 Å². The largest absolute Gasteiger partial charge is 0.418 e. The molecule has 2 fully saturated rings. The molecule has 59 heavy (non-hydrogen) atoms. The number of hydrogen-bond donors (Lipinski definition) is 1. The number of nitrogens with zero attached hydrogens (tertiary/aromatic N) is 9. The molecule has 0 radical (unpaired) electrons. The number of anilines is 1. The third kappa shape index (κ3) is 8.39. The van der Waals surface area contributed by atoms with Gasteiger partial charge in [0.05, 0.1) is 16.8 Å². The first-order chi connectivity index (χ1) is 28.4. The molecule has 0 bridgehead atoms. The maximum atomic E-state index is 14.5. The quantitative estimate of drug-likeness (QED) is 0.186. The number of imidazole rings is 1. The van der Waals surface area contributed by atoms with Crippen molar-refractivity contribution in [2.45, 2.75) is 70.4 Å². The van der Waals surface area contributed by atoms with Crippen LogP contribution in [0.15, 0.2) is 72.0 Å². The summed E-state index contributed by atoms with van der Waals surface area (Å²) in [5.41, 5.74) is 2.87. The molecule has 6 heterocycles. The Morgan fingerprint density at radius 2 is 1.75 bits per heavy atom. The molecule has 3 aromatic heterocycles. The molecule has 0 spiro atoms. The fourth-order valence-electron chi connectivity index (χ4n) is 8.77. The molecule has 310 valence electrons. The Hall–Kier alpha value is -5.81. The van der Waals surface area contributed by atoms with Crippen molar-refractivity contribution in [2.75, 3.05) is 44.2 Å². The number of alkyl halides is 3. The topological polar surface area (TPSA) is 133 Å². The van der Waals surface area contributed by atoms with Gasteiger partial charge in [-0.3, -0.25) is 38.5 Å². The molecule has 0 saturated carbocycles. The molecular weight excluding hydrogens is 766 g/mol. The van der Waals surface area contributed by atoms with Crippen LogP contribution >= 0.6 is 0 Å². The SMILES string of the molecule is CC(CCC(=O)NC=O)N1Cc2cc(N3CCN(C4CCN(Cc5cc(C(F)(F)F)c6cn(-c7cccc(Cc8nncn8C)c7)c(=O)n6c5)CC4)CC3)ccc2C1=O. The van der Waals surface area contributed by atoms with Crippen molar-refractivity contribution in [3.8, 4) is 5.69 Å². The smallest absolute Gasteiger partial charge is 0.369 e. The summed E-state index contributed by atoms with van der Waals surface area (Å²) in [6.45, 7) is 7.57. The van der Waals surface area contributed by atoms with Crippen LogP contribution in [0.25, 0.3) is 11.2 Å². The Morgan fingerprint density at radius 3 is 2.46 bits per heavy atom. The van der Waals surface area contributed by atoms with Crippen LogP contribution in [-0.2, 0) is 42.3 Å². The van der Waals surface area contributed by atoms with Crippen LogP contribution in [0.3, 0.4) is 0 Å². The van der Waals surface area contributed by atoms with Gasteiger partial charge in [0, 0.05) is 94.9 Å². The van der Waals surface area contributed by atoms with Gasteiger partial charge in [-0.25, -0.2) is 4.79 Å². The number of pyridine rings is 1. The van der Waals surface area contributed by atoms with Crippen LogP contribution in [-0.4, -0.2) is 108 Å². The van der Waals surface area contributed by atoms with Crippen molar-refractivity contribution < 1.29 is 27.6 Å². The predicted molar refractivity (Wildman–Crippen MR) is 213 cm³/mol. The first kappa shape index (κ1) is 40.0. The van der Waals surface area contributed by atoms with Gasteiger partial charge in [0.1, 0.15) is 12.2 Å². The van der Waals surface area contributed by atoms with Gasteiger partial charge in [0.15, 0.2) is 0 Å². The summed E-state index contributed by atoms with van der Waals surface area (Å²) in [6, 6.07) is 14.5. The van der Waals surface area contributed by atoms with Crippen LogP contribution in [0, 0.1) is 0 Å². The van der Waals surface area contributed by atoms with Gasteiger partial charge < -0.3 is 14.4 Å². The summed E-state index contributed by atoms with van der Waals surface area (Å²) >= 11 is 0. The number of hydrogen-bond acceptors (Lipinski definition) is 9. The number of amides is 3. The number of carbonyl (C=O) groups is 3. The monoisotopic (exact) mass is 812 g/mol. The zero-order valence-electron chi connectivity index (χ0n) is 33.1. The Balaban J connectivity index is 0.875. The number of fused-ring (bicyclic) bond motifs is 2. The van der Waals surface area contributed by atoms with E-state index in [1.165, 1.54) is 16.8 Å². The lowest BCUT2D eigenvalue weighted by atomic mass is 10.0. The molecule has 5 aromatic rings. The summed E-state index contributed by atoms with van der Waals surface area (Å²) < 4.78 is 47.7.